The van der Waals surface area contributed by atoms with Gasteiger partial charge in [-0.3, -0.25) is 19.2 Å². The molecule has 0 fully saturated rings. The second-order valence-corrected chi connectivity index (χ2v) is 6.59. The molecule has 0 saturated heterocycles. The predicted octanol–water partition coefficient (Wildman–Crippen LogP) is 1.66. The van der Waals surface area contributed by atoms with Crippen LogP contribution < -0.4 is 21.7 Å². The highest BCUT2D eigenvalue weighted by molar-refractivity contribution is 6.10. The minimum absolute atomic E-state index is 0.0271. The van der Waals surface area contributed by atoms with Gasteiger partial charge < -0.3 is 26.7 Å². The molecular weight excluding hydrogens is 419 g/mol. The summed E-state index contributed by atoms with van der Waals surface area (Å²) in [5.41, 5.74) is 5.99. The van der Waals surface area contributed by atoms with Gasteiger partial charge in [-0.1, -0.05) is 0 Å². The fourth-order valence-electron chi connectivity index (χ4n) is 2.66. The average molecular weight is 438 g/mol. The van der Waals surface area contributed by atoms with Crippen molar-refractivity contribution in [2.45, 2.75) is 6.42 Å². The molecule has 3 rings (SSSR count). The maximum atomic E-state index is 13.0. The maximum Gasteiger partial charge on any atom is 0.276 e. The number of nitrogens with two attached hydrogens (primary N) is 1. The lowest BCUT2D eigenvalue weighted by Gasteiger charge is -2.08. The molecule has 0 saturated carbocycles. The van der Waals surface area contributed by atoms with Crippen molar-refractivity contribution in [1.82, 2.24) is 15.3 Å². The van der Waals surface area contributed by atoms with Gasteiger partial charge >= 0.3 is 0 Å². The molecule has 3 aromatic rings. The van der Waals surface area contributed by atoms with Crippen molar-refractivity contribution in [3.8, 4) is 0 Å². The normalized spacial score (nSPS) is 10.3. The molecule has 0 atom stereocenters. The van der Waals surface area contributed by atoms with E-state index in [-0.39, 0.29) is 24.4 Å². The van der Waals surface area contributed by atoms with Crippen molar-refractivity contribution < 1.29 is 23.6 Å². The van der Waals surface area contributed by atoms with Crippen molar-refractivity contribution >= 4 is 35.0 Å². The first-order chi connectivity index (χ1) is 15.3. The fraction of sp³-hybridized carbons (Fsp3) is 0.0952. The highest BCUT2D eigenvalue weighted by Gasteiger charge is 2.20. The number of carbonyl (C=O) groups is 4. The number of nitrogens with zero attached hydrogens (tertiary/aromatic N) is 1. The van der Waals surface area contributed by atoms with E-state index in [1.54, 1.807) is 24.3 Å². The van der Waals surface area contributed by atoms with Crippen LogP contribution in [0.15, 0.2) is 54.9 Å². The van der Waals surface area contributed by atoms with Gasteiger partial charge in [0.15, 0.2) is 5.69 Å². The van der Waals surface area contributed by atoms with Gasteiger partial charge in [0.25, 0.3) is 17.7 Å². The molecule has 6 N–H and O–H groups in total. The van der Waals surface area contributed by atoms with Gasteiger partial charge in [0.2, 0.25) is 5.91 Å². The SMILES string of the molecule is NC(=O)CCNC(=O)c1[nH]cnc1C(=O)Nc1ccc(NC(=O)c2ccc(F)cc2)cc1. The Morgan fingerprint density at radius 1 is 0.875 bits per heavy atom. The van der Waals surface area contributed by atoms with Gasteiger partial charge in [-0.2, -0.15) is 0 Å². The van der Waals surface area contributed by atoms with E-state index in [1.165, 1.54) is 30.6 Å². The molecule has 0 bridgehead atoms. The smallest absolute Gasteiger partial charge is 0.276 e. The Morgan fingerprint density at radius 3 is 2.06 bits per heavy atom. The van der Waals surface area contributed by atoms with E-state index < -0.39 is 29.4 Å². The lowest BCUT2D eigenvalue weighted by Crippen LogP contribution is -2.30. The second kappa shape index (κ2) is 9.98. The third-order valence-corrected chi connectivity index (χ3v) is 4.25. The van der Waals surface area contributed by atoms with Gasteiger partial charge in [-0.25, -0.2) is 9.37 Å². The first-order valence-corrected chi connectivity index (χ1v) is 9.41. The van der Waals surface area contributed by atoms with E-state index in [1.807, 2.05) is 0 Å². The molecule has 1 heterocycles. The van der Waals surface area contributed by atoms with Gasteiger partial charge in [-0.05, 0) is 48.5 Å². The lowest BCUT2D eigenvalue weighted by atomic mass is 10.2. The van der Waals surface area contributed by atoms with Crippen LogP contribution in [0, 0.1) is 5.82 Å². The van der Waals surface area contributed by atoms with Crippen molar-refractivity contribution in [1.29, 1.82) is 0 Å². The molecular formula is C21H19FN6O4. The highest BCUT2D eigenvalue weighted by atomic mass is 19.1. The first-order valence-electron chi connectivity index (χ1n) is 9.41. The number of primary amides is 1. The summed E-state index contributed by atoms with van der Waals surface area (Å²) in [5, 5.41) is 7.73. The lowest BCUT2D eigenvalue weighted by molar-refractivity contribution is -0.117. The van der Waals surface area contributed by atoms with E-state index >= 15 is 0 Å². The zero-order chi connectivity index (χ0) is 23.1. The number of benzene rings is 2. The molecule has 0 spiro atoms. The number of nitrogens with one attached hydrogen (secondary N) is 4. The summed E-state index contributed by atoms with van der Waals surface area (Å²) in [6.45, 7) is 0.0271. The van der Waals surface area contributed by atoms with Crippen LogP contribution in [0.4, 0.5) is 15.8 Å². The van der Waals surface area contributed by atoms with Crippen LogP contribution in [0.25, 0.3) is 0 Å². The monoisotopic (exact) mass is 438 g/mol. The summed E-state index contributed by atoms with van der Waals surface area (Å²) in [4.78, 5) is 54.1. The quantitative estimate of drug-likeness (QED) is 0.361. The van der Waals surface area contributed by atoms with Crippen LogP contribution in [0.5, 0.6) is 0 Å². The van der Waals surface area contributed by atoms with Gasteiger partial charge in [-0.15, -0.1) is 0 Å². The Morgan fingerprint density at radius 2 is 1.47 bits per heavy atom. The molecule has 10 nitrogen and oxygen atoms in total. The standard InChI is InChI=1S/C21H19FN6O4/c22-13-3-1-12(2-4-13)19(30)27-14-5-7-15(8-6-14)28-21(32)18-17(25-11-26-18)20(31)24-10-9-16(23)29/h1-8,11H,9-10H2,(H2,23,29)(H,24,31)(H,25,26)(H,27,30)(H,28,32). The van der Waals surface area contributed by atoms with Crippen molar-refractivity contribution in [2.75, 3.05) is 17.2 Å². The number of aromatic amines is 1. The maximum absolute atomic E-state index is 13.0. The summed E-state index contributed by atoms with van der Waals surface area (Å²) < 4.78 is 13.0. The van der Waals surface area contributed by atoms with Gasteiger partial charge in [0.1, 0.15) is 11.5 Å². The topological polar surface area (TPSA) is 159 Å². The number of hydrogen-bond acceptors (Lipinski definition) is 5. The van der Waals surface area contributed by atoms with Crippen LogP contribution >= 0.6 is 0 Å². The van der Waals surface area contributed by atoms with Crippen LogP contribution in [0.1, 0.15) is 37.8 Å². The number of imidazole rings is 1. The van der Waals surface area contributed by atoms with E-state index in [9.17, 15) is 23.6 Å². The highest BCUT2D eigenvalue weighted by Crippen LogP contribution is 2.16. The Kier molecular flexibility index (Phi) is 6.91. The summed E-state index contributed by atoms with van der Waals surface area (Å²) in [6.07, 6.45) is 1.16. The Balaban J connectivity index is 1.60. The molecule has 2 aromatic carbocycles. The van der Waals surface area contributed by atoms with E-state index in [2.05, 4.69) is 25.9 Å². The largest absolute Gasteiger partial charge is 0.370 e. The van der Waals surface area contributed by atoms with Crippen LogP contribution in [0.3, 0.4) is 0 Å². The average Bonchev–Trinajstić information content (AvgIpc) is 3.25. The number of anilines is 2. The molecule has 4 amide bonds. The number of hydrogen-bond donors (Lipinski definition) is 5. The molecule has 0 unspecified atom stereocenters. The number of rotatable bonds is 8. The zero-order valence-electron chi connectivity index (χ0n) is 16.6. The number of carbonyl (C=O) groups excluding carboxylic acids is 4. The summed E-state index contributed by atoms with van der Waals surface area (Å²) in [6, 6.07) is 11.4. The molecule has 0 aliphatic carbocycles. The third kappa shape index (κ3) is 5.75. The zero-order valence-corrected chi connectivity index (χ0v) is 16.6. The molecule has 1 aromatic heterocycles. The number of halogens is 1. The Bertz CT molecular complexity index is 1140. The number of aromatic nitrogens is 2. The van der Waals surface area contributed by atoms with Crippen LogP contribution in [-0.4, -0.2) is 40.1 Å². The molecule has 164 valence electrons. The van der Waals surface area contributed by atoms with Crippen molar-refractivity contribution in [2.24, 2.45) is 5.73 Å². The number of amides is 4. The van der Waals surface area contributed by atoms with Crippen LogP contribution in [0.2, 0.25) is 0 Å². The predicted molar refractivity (Wildman–Crippen MR) is 113 cm³/mol. The van der Waals surface area contributed by atoms with E-state index in [4.69, 9.17) is 5.73 Å². The van der Waals surface area contributed by atoms with Gasteiger partial charge in [0, 0.05) is 29.9 Å². The van der Waals surface area contributed by atoms with Crippen LogP contribution in [-0.2, 0) is 4.79 Å². The van der Waals surface area contributed by atoms with Gasteiger partial charge in [0.05, 0.1) is 6.33 Å². The van der Waals surface area contributed by atoms with E-state index in [0.717, 1.165) is 0 Å². The van der Waals surface area contributed by atoms with E-state index in [0.29, 0.717) is 16.9 Å². The minimum Gasteiger partial charge on any atom is -0.370 e. The number of H-pyrrole nitrogens is 1. The molecule has 11 heteroatoms. The molecule has 0 aliphatic rings. The third-order valence-electron chi connectivity index (χ3n) is 4.25. The Labute approximate surface area is 181 Å². The van der Waals surface area contributed by atoms with Crippen molar-refractivity contribution in [3.05, 3.63) is 77.6 Å². The minimum atomic E-state index is -0.630. The fourth-order valence-corrected chi connectivity index (χ4v) is 2.66. The Hall–Kier alpha value is -4.54. The first kappa shape index (κ1) is 22.2. The summed E-state index contributed by atoms with van der Waals surface area (Å²) >= 11 is 0. The molecule has 0 aliphatic heterocycles. The molecule has 0 radical (unpaired) electrons. The summed E-state index contributed by atoms with van der Waals surface area (Å²) in [5.74, 6) is -2.65. The second-order valence-electron chi connectivity index (χ2n) is 6.59. The summed E-state index contributed by atoms with van der Waals surface area (Å²) in [7, 11) is 0. The molecule has 32 heavy (non-hydrogen) atoms. The van der Waals surface area contributed by atoms with Crippen molar-refractivity contribution in [3.63, 3.8) is 0 Å².